The Morgan fingerprint density at radius 2 is 1.77 bits per heavy atom. The lowest BCUT2D eigenvalue weighted by Gasteiger charge is -2.29. The maximum Gasteiger partial charge on any atom is 0.237 e. The van der Waals surface area contributed by atoms with Gasteiger partial charge in [0, 0.05) is 48.7 Å². The van der Waals surface area contributed by atoms with Crippen LogP contribution in [0.3, 0.4) is 0 Å². The topological polar surface area (TPSA) is 107 Å². The molecule has 9 nitrogen and oxygen atoms in total. The third-order valence-corrected chi connectivity index (χ3v) is 8.80. The number of carbonyl (C=O) groups excluding carboxylic acids is 2. The summed E-state index contributed by atoms with van der Waals surface area (Å²) in [5.74, 6) is -0.311. The van der Waals surface area contributed by atoms with Crippen LogP contribution in [0.15, 0.2) is 79.1 Å². The Balaban J connectivity index is 0.965. The summed E-state index contributed by atoms with van der Waals surface area (Å²) >= 11 is 0. The first-order valence-electron chi connectivity index (χ1n) is 14.8. The molecule has 2 amide bonds. The summed E-state index contributed by atoms with van der Waals surface area (Å²) in [6.45, 7) is 4.65. The molecule has 0 radical (unpaired) electrons. The van der Waals surface area contributed by atoms with Crippen molar-refractivity contribution in [3.63, 3.8) is 0 Å². The van der Waals surface area contributed by atoms with Crippen molar-refractivity contribution >= 4 is 45.0 Å². The first-order chi connectivity index (χ1) is 21.3. The number of H-pyrrole nitrogens is 1. The summed E-state index contributed by atoms with van der Waals surface area (Å²) < 4.78 is 13.4. The van der Waals surface area contributed by atoms with Crippen molar-refractivity contribution in [2.75, 3.05) is 38.0 Å². The molecule has 10 heteroatoms. The SMILES string of the molecule is C[C@@]1(C(=O)Nc2ccc3[nH]nc(-c4ccc(F)cc4)c3c2)CCN(CC(=O)N2CC=C(c3ccc4nccnc4c3)CC2)C1. The highest BCUT2D eigenvalue weighted by Crippen LogP contribution is 2.33. The van der Waals surface area contributed by atoms with Crippen LogP contribution < -0.4 is 5.32 Å². The first kappa shape index (κ1) is 27.8. The Morgan fingerprint density at radius 3 is 2.57 bits per heavy atom. The number of likely N-dealkylation sites (tertiary alicyclic amines) is 1. The van der Waals surface area contributed by atoms with Crippen LogP contribution in [0.2, 0.25) is 0 Å². The van der Waals surface area contributed by atoms with E-state index in [2.05, 4.69) is 48.6 Å². The molecule has 2 aliphatic rings. The smallest absolute Gasteiger partial charge is 0.237 e. The Kier molecular flexibility index (Phi) is 7.14. The predicted octanol–water partition coefficient (Wildman–Crippen LogP) is 5.28. The average molecular weight is 590 g/mol. The lowest BCUT2D eigenvalue weighted by Crippen LogP contribution is -2.43. The summed E-state index contributed by atoms with van der Waals surface area (Å²) in [5.41, 5.74) is 6.40. The maximum atomic E-state index is 13.5. The normalized spacial score (nSPS) is 19.0. The quantitative estimate of drug-likeness (QED) is 0.279. The number of carbonyl (C=O) groups is 2. The number of rotatable bonds is 6. The highest BCUT2D eigenvalue weighted by Gasteiger charge is 2.41. The van der Waals surface area contributed by atoms with Crippen LogP contribution in [0.5, 0.6) is 0 Å². The summed E-state index contributed by atoms with van der Waals surface area (Å²) in [6.07, 6.45) is 6.95. The summed E-state index contributed by atoms with van der Waals surface area (Å²) in [5, 5.41) is 11.3. The van der Waals surface area contributed by atoms with E-state index in [1.807, 2.05) is 36.1 Å². The van der Waals surface area contributed by atoms with Crippen LogP contribution in [0.4, 0.5) is 10.1 Å². The van der Waals surface area contributed by atoms with E-state index in [1.165, 1.54) is 17.7 Å². The highest BCUT2D eigenvalue weighted by molar-refractivity contribution is 6.00. The van der Waals surface area contributed by atoms with E-state index in [0.717, 1.165) is 39.5 Å². The van der Waals surface area contributed by atoms with Crippen molar-refractivity contribution in [3.8, 4) is 11.3 Å². The zero-order valence-corrected chi connectivity index (χ0v) is 24.4. The Morgan fingerprint density at radius 1 is 0.977 bits per heavy atom. The summed E-state index contributed by atoms with van der Waals surface area (Å²) in [4.78, 5) is 39.4. The molecule has 2 aromatic heterocycles. The molecule has 44 heavy (non-hydrogen) atoms. The molecule has 222 valence electrons. The zero-order valence-electron chi connectivity index (χ0n) is 24.4. The molecule has 2 N–H and O–H groups in total. The average Bonchev–Trinajstić information content (AvgIpc) is 3.65. The first-order valence-corrected chi connectivity index (χ1v) is 14.8. The van der Waals surface area contributed by atoms with Gasteiger partial charge in [0.2, 0.25) is 11.8 Å². The number of benzene rings is 3. The summed E-state index contributed by atoms with van der Waals surface area (Å²) in [6, 6.07) is 17.9. The molecule has 0 spiro atoms. The van der Waals surface area contributed by atoms with Crippen molar-refractivity contribution in [1.29, 1.82) is 0 Å². The molecule has 1 atom stereocenters. The Labute approximate surface area is 253 Å². The molecule has 0 unspecified atom stereocenters. The van der Waals surface area contributed by atoms with Gasteiger partial charge in [-0.05, 0) is 92.0 Å². The molecular formula is C34H32FN7O2. The van der Waals surface area contributed by atoms with Crippen LogP contribution >= 0.6 is 0 Å². The van der Waals surface area contributed by atoms with E-state index < -0.39 is 5.41 Å². The van der Waals surface area contributed by atoms with Crippen molar-refractivity contribution in [2.24, 2.45) is 5.41 Å². The second-order valence-electron chi connectivity index (χ2n) is 11.9. The van der Waals surface area contributed by atoms with Gasteiger partial charge >= 0.3 is 0 Å². The molecule has 4 heterocycles. The monoisotopic (exact) mass is 589 g/mol. The van der Waals surface area contributed by atoms with Gasteiger partial charge in [-0.2, -0.15) is 5.10 Å². The second-order valence-corrected chi connectivity index (χ2v) is 11.9. The third kappa shape index (κ3) is 5.44. The molecule has 0 aliphatic carbocycles. The van der Waals surface area contributed by atoms with Crippen molar-refractivity contribution in [1.82, 2.24) is 30.0 Å². The molecule has 1 saturated heterocycles. The number of aromatic nitrogens is 4. The van der Waals surface area contributed by atoms with E-state index in [0.29, 0.717) is 50.5 Å². The molecule has 1 fully saturated rings. The van der Waals surface area contributed by atoms with Gasteiger partial charge in [-0.1, -0.05) is 12.1 Å². The van der Waals surface area contributed by atoms with Gasteiger partial charge in [0.05, 0.1) is 34.2 Å². The maximum absolute atomic E-state index is 13.5. The van der Waals surface area contributed by atoms with Gasteiger partial charge in [0.25, 0.3) is 0 Å². The van der Waals surface area contributed by atoms with Crippen LogP contribution in [0.25, 0.3) is 38.8 Å². The number of fused-ring (bicyclic) bond motifs is 2. The molecule has 0 bridgehead atoms. The highest BCUT2D eigenvalue weighted by atomic mass is 19.1. The third-order valence-electron chi connectivity index (χ3n) is 8.80. The molecule has 7 rings (SSSR count). The van der Waals surface area contributed by atoms with Gasteiger partial charge in [0.1, 0.15) is 5.82 Å². The minimum Gasteiger partial charge on any atom is -0.338 e. The van der Waals surface area contributed by atoms with Crippen LogP contribution in [0, 0.1) is 11.2 Å². The van der Waals surface area contributed by atoms with Crippen LogP contribution in [-0.4, -0.2) is 74.5 Å². The fourth-order valence-electron chi connectivity index (χ4n) is 6.19. The Bertz CT molecular complexity index is 1920. The van der Waals surface area contributed by atoms with Crippen molar-refractivity contribution in [2.45, 2.75) is 19.8 Å². The predicted molar refractivity (Wildman–Crippen MR) is 168 cm³/mol. The minimum atomic E-state index is -0.626. The molecule has 3 aromatic carbocycles. The number of hydrogen-bond donors (Lipinski definition) is 2. The fourth-order valence-corrected chi connectivity index (χ4v) is 6.19. The van der Waals surface area contributed by atoms with Crippen LogP contribution in [-0.2, 0) is 9.59 Å². The number of nitrogens with one attached hydrogen (secondary N) is 2. The largest absolute Gasteiger partial charge is 0.338 e. The molecular weight excluding hydrogens is 557 g/mol. The van der Waals surface area contributed by atoms with E-state index in [1.54, 1.807) is 24.5 Å². The van der Waals surface area contributed by atoms with Crippen molar-refractivity contribution < 1.29 is 14.0 Å². The van der Waals surface area contributed by atoms with E-state index in [4.69, 9.17) is 0 Å². The van der Waals surface area contributed by atoms with E-state index >= 15 is 0 Å². The van der Waals surface area contributed by atoms with Crippen LogP contribution in [0.1, 0.15) is 25.3 Å². The van der Waals surface area contributed by atoms with Gasteiger partial charge in [-0.25, -0.2) is 4.39 Å². The number of aromatic amines is 1. The Hall–Kier alpha value is -4.96. The number of anilines is 1. The summed E-state index contributed by atoms with van der Waals surface area (Å²) in [7, 11) is 0. The fraction of sp³-hybridized carbons (Fsp3) is 0.265. The van der Waals surface area contributed by atoms with Gasteiger partial charge < -0.3 is 10.2 Å². The lowest BCUT2D eigenvalue weighted by molar-refractivity contribution is -0.132. The lowest BCUT2D eigenvalue weighted by atomic mass is 9.88. The number of amides is 2. The standard InChI is InChI=1S/C34H32FN7O2/c1-34(33(44)38-26-7-9-28-27(19-26)32(40-39-28)23-2-5-25(35)6-3-23)12-17-41(21-34)20-31(43)42-15-10-22(11-16-42)24-4-8-29-30(18-24)37-14-13-36-29/h2-10,13-14,18-19H,11-12,15-17,20-21H2,1H3,(H,38,44)(H,39,40)/t34-/m1/s1. The van der Waals surface area contributed by atoms with E-state index in [-0.39, 0.29) is 17.6 Å². The number of nitrogens with zero attached hydrogens (tertiary/aromatic N) is 5. The minimum absolute atomic E-state index is 0.0769. The molecule has 0 saturated carbocycles. The number of hydrogen-bond acceptors (Lipinski definition) is 6. The molecule has 2 aliphatic heterocycles. The van der Waals surface area contributed by atoms with Gasteiger partial charge in [-0.3, -0.25) is 29.6 Å². The van der Waals surface area contributed by atoms with Gasteiger partial charge in [0.15, 0.2) is 0 Å². The van der Waals surface area contributed by atoms with Crippen molar-refractivity contribution in [3.05, 3.63) is 90.5 Å². The van der Waals surface area contributed by atoms with Gasteiger partial charge in [-0.15, -0.1) is 0 Å². The van der Waals surface area contributed by atoms with E-state index in [9.17, 15) is 14.0 Å². The number of halogens is 1. The molecule has 5 aromatic rings. The second kappa shape index (κ2) is 11.3. The zero-order chi connectivity index (χ0) is 30.3.